The number of benzene rings is 3. The zero-order chi connectivity index (χ0) is 18.8. The molecule has 0 aliphatic carbocycles. The number of hydrogen-bond donors (Lipinski definition) is 0. The van der Waals surface area contributed by atoms with E-state index in [2.05, 4.69) is 45.3 Å². The van der Waals surface area contributed by atoms with Gasteiger partial charge in [-0.05, 0) is 59.6 Å². The number of furan rings is 1. The van der Waals surface area contributed by atoms with Crippen LogP contribution in [0.15, 0.2) is 59.0 Å². The van der Waals surface area contributed by atoms with Crippen molar-refractivity contribution in [2.45, 2.75) is 0 Å². The molecule has 0 fully saturated rings. The second kappa shape index (κ2) is 5.88. The van der Waals surface area contributed by atoms with Gasteiger partial charge >= 0.3 is 0 Å². The van der Waals surface area contributed by atoms with E-state index in [1.165, 1.54) is 20.2 Å². The lowest BCUT2D eigenvalue weighted by Gasteiger charge is -2.01. The molecule has 3 heterocycles. The lowest BCUT2D eigenvalue weighted by atomic mass is 10.0. The molecule has 0 saturated carbocycles. The average molecular weight is 422 g/mol. The zero-order valence-electron chi connectivity index (χ0n) is 14.1. The van der Waals surface area contributed by atoms with E-state index >= 15 is 0 Å². The van der Waals surface area contributed by atoms with Crippen molar-refractivity contribution in [1.82, 2.24) is 15.0 Å². The number of fused-ring (bicyclic) bond motifs is 7. The SMILES string of the molecule is Clc1nc(Cl)nc(-c2ccc3oc4ccc5sc6ccccc6c5c4c3c2)n1. The first kappa shape index (κ1) is 16.2. The summed E-state index contributed by atoms with van der Waals surface area (Å²) in [5.41, 5.74) is 2.47. The maximum atomic E-state index is 6.12. The summed E-state index contributed by atoms with van der Waals surface area (Å²) in [5.74, 6) is 0.434. The Kier molecular flexibility index (Phi) is 3.41. The van der Waals surface area contributed by atoms with E-state index in [4.69, 9.17) is 27.6 Å². The largest absolute Gasteiger partial charge is 0.456 e. The molecule has 0 amide bonds. The number of nitrogens with zero attached hydrogens (tertiary/aromatic N) is 3. The van der Waals surface area contributed by atoms with Gasteiger partial charge in [0, 0.05) is 36.5 Å². The quantitative estimate of drug-likeness (QED) is 0.283. The molecule has 0 aliphatic rings. The Morgan fingerprint density at radius 2 is 1.50 bits per heavy atom. The van der Waals surface area contributed by atoms with Crippen LogP contribution in [-0.2, 0) is 0 Å². The lowest BCUT2D eigenvalue weighted by Crippen LogP contribution is -1.93. The molecule has 0 radical (unpaired) electrons. The van der Waals surface area contributed by atoms with Gasteiger partial charge in [-0.15, -0.1) is 11.3 Å². The van der Waals surface area contributed by atoms with Gasteiger partial charge in [-0.25, -0.2) is 0 Å². The summed E-state index contributed by atoms with van der Waals surface area (Å²) < 4.78 is 8.60. The molecule has 0 N–H and O–H groups in total. The number of aromatic nitrogens is 3. The average Bonchev–Trinajstić information content (AvgIpc) is 3.24. The molecule has 7 heteroatoms. The van der Waals surface area contributed by atoms with Crippen molar-refractivity contribution >= 4 is 76.6 Å². The van der Waals surface area contributed by atoms with Gasteiger partial charge in [-0.2, -0.15) is 15.0 Å². The standard InChI is InChI=1S/C21H9Cl2N3OS/c22-20-24-19(25-21(23)26-20)10-5-6-13-12(9-10)17-14(27-13)7-8-16-18(17)11-3-1-2-4-15(11)28-16/h1-9H. The summed E-state index contributed by atoms with van der Waals surface area (Å²) in [6.07, 6.45) is 0. The van der Waals surface area contributed by atoms with Crippen LogP contribution in [0.4, 0.5) is 0 Å². The van der Waals surface area contributed by atoms with Crippen molar-refractivity contribution in [2.24, 2.45) is 0 Å². The van der Waals surface area contributed by atoms with E-state index < -0.39 is 0 Å². The molecule has 3 aromatic carbocycles. The second-order valence-electron chi connectivity index (χ2n) is 6.42. The first-order valence-corrected chi connectivity index (χ1v) is 10.1. The van der Waals surface area contributed by atoms with Crippen molar-refractivity contribution in [1.29, 1.82) is 0 Å². The van der Waals surface area contributed by atoms with Crippen molar-refractivity contribution in [3.8, 4) is 11.4 Å². The molecular formula is C21H9Cl2N3OS. The van der Waals surface area contributed by atoms with Crippen molar-refractivity contribution < 1.29 is 4.42 Å². The van der Waals surface area contributed by atoms with Crippen LogP contribution in [0.2, 0.25) is 10.6 Å². The minimum Gasteiger partial charge on any atom is -0.456 e. The van der Waals surface area contributed by atoms with E-state index in [9.17, 15) is 0 Å². The number of thiophene rings is 1. The predicted octanol–water partition coefficient (Wildman–Crippen LogP) is 7.11. The van der Waals surface area contributed by atoms with E-state index in [1.807, 2.05) is 24.3 Å². The van der Waals surface area contributed by atoms with Crippen molar-refractivity contribution in [3.05, 3.63) is 65.2 Å². The van der Waals surface area contributed by atoms with Gasteiger partial charge in [0.25, 0.3) is 0 Å². The highest BCUT2D eigenvalue weighted by Gasteiger charge is 2.16. The van der Waals surface area contributed by atoms with Crippen molar-refractivity contribution in [2.75, 3.05) is 0 Å². The molecule has 134 valence electrons. The number of rotatable bonds is 1. The fourth-order valence-corrected chi connectivity index (χ4v) is 5.15. The first-order chi connectivity index (χ1) is 13.7. The summed E-state index contributed by atoms with van der Waals surface area (Å²) in [7, 11) is 0. The molecule has 28 heavy (non-hydrogen) atoms. The molecule has 6 aromatic rings. The first-order valence-electron chi connectivity index (χ1n) is 8.51. The lowest BCUT2D eigenvalue weighted by molar-refractivity contribution is 0.669. The summed E-state index contributed by atoms with van der Waals surface area (Å²) in [6, 6.07) is 18.4. The number of hydrogen-bond acceptors (Lipinski definition) is 5. The molecule has 6 rings (SSSR count). The summed E-state index contributed by atoms with van der Waals surface area (Å²) >= 11 is 13.7. The highest BCUT2D eigenvalue weighted by atomic mass is 35.5. The van der Waals surface area contributed by atoms with Crippen molar-refractivity contribution in [3.63, 3.8) is 0 Å². The van der Waals surface area contributed by atoms with Gasteiger partial charge in [0.05, 0.1) is 0 Å². The molecule has 0 spiro atoms. The Morgan fingerprint density at radius 3 is 2.36 bits per heavy atom. The normalized spacial score (nSPS) is 11.9. The van der Waals surface area contributed by atoms with E-state index in [0.717, 1.165) is 27.5 Å². The van der Waals surface area contributed by atoms with E-state index in [1.54, 1.807) is 11.3 Å². The van der Waals surface area contributed by atoms with E-state index in [-0.39, 0.29) is 10.6 Å². The Bertz CT molecular complexity index is 1530. The third-order valence-corrected chi connectivity index (χ3v) is 6.29. The maximum Gasteiger partial charge on any atom is 0.227 e. The van der Waals surface area contributed by atoms with Crippen LogP contribution in [0.25, 0.3) is 53.5 Å². The van der Waals surface area contributed by atoms with Crippen LogP contribution in [0.5, 0.6) is 0 Å². The summed E-state index contributed by atoms with van der Waals surface area (Å²) in [4.78, 5) is 12.2. The topological polar surface area (TPSA) is 51.8 Å². The molecule has 0 unspecified atom stereocenters. The third-order valence-electron chi connectivity index (χ3n) is 4.81. The van der Waals surface area contributed by atoms with Crippen LogP contribution in [0.3, 0.4) is 0 Å². The Morgan fingerprint density at radius 1 is 0.714 bits per heavy atom. The van der Waals surface area contributed by atoms with Crippen LogP contribution in [0.1, 0.15) is 0 Å². The van der Waals surface area contributed by atoms with Crippen LogP contribution >= 0.6 is 34.5 Å². The molecule has 0 bridgehead atoms. The fourth-order valence-electron chi connectivity index (χ4n) is 3.68. The van der Waals surface area contributed by atoms with Crippen LogP contribution in [-0.4, -0.2) is 15.0 Å². The highest BCUT2D eigenvalue weighted by molar-refractivity contribution is 7.26. The predicted molar refractivity (Wildman–Crippen MR) is 115 cm³/mol. The maximum absolute atomic E-state index is 6.12. The van der Waals surface area contributed by atoms with Gasteiger partial charge in [-0.1, -0.05) is 18.2 Å². The summed E-state index contributed by atoms with van der Waals surface area (Å²) in [5, 5.41) is 4.68. The van der Waals surface area contributed by atoms with E-state index in [0.29, 0.717) is 5.82 Å². The zero-order valence-corrected chi connectivity index (χ0v) is 16.4. The highest BCUT2D eigenvalue weighted by Crippen LogP contribution is 2.42. The van der Waals surface area contributed by atoms with Gasteiger partial charge in [0.1, 0.15) is 11.2 Å². The fraction of sp³-hybridized carbons (Fsp3) is 0. The smallest absolute Gasteiger partial charge is 0.227 e. The van der Waals surface area contributed by atoms with Gasteiger partial charge in [0.2, 0.25) is 10.6 Å². The molecule has 0 saturated heterocycles. The van der Waals surface area contributed by atoms with Gasteiger partial charge in [-0.3, -0.25) is 0 Å². The third kappa shape index (κ3) is 2.34. The minimum absolute atomic E-state index is 0.0679. The number of halogens is 2. The molecule has 0 aliphatic heterocycles. The Labute approximate surface area is 172 Å². The molecular weight excluding hydrogens is 413 g/mol. The second-order valence-corrected chi connectivity index (χ2v) is 8.18. The molecule has 4 nitrogen and oxygen atoms in total. The van der Waals surface area contributed by atoms with Gasteiger partial charge < -0.3 is 4.42 Å². The minimum atomic E-state index is 0.0679. The Balaban J connectivity index is 1.74. The summed E-state index contributed by atoms with van der Waals surface area (Å²) in [6.45, 7) is 0. The van der Waals surface area contributed by atoms with Crippen LogP contribution < -0.4 is 0 Å². The monoisotopic (exact) mass is 421 g/mol. The van der Waals surface area contributed by atoms with Crippen LogP contribution in [0, 0.1) is 0 Å². The van der Waals surface area contributed by atoms with Gasteiger partial charge in [0.15, 0.2) is 5.82 Å². The molecule has 0 atom stereocenters. The molecule has 3 aromatic heterocycles. The Hall–Kier alpha value is -2.73.